The van der Waals surface area contributed by atoms with Crippen molar-refractivity contribution in [2.45, 2.75) is 39.5 Å². The van der Waals surface area contributed by atoms with Gasteiger partial charge in [0.1, 0.15) is 0 Å². The summed E-state index contributed by atoms with van der Waals surface area (Å²) in [6.07, 6.45) is 6.89. The Kier molecular flexibility index (Phi) is 5.58. The maximum Gasteiger partial charge on any atom is 0.000593 e. The summed E-state index contributed by atoms with van der Waals surface area (Å²) in [5.41, 5.74) is 6.02. The van der Waals surface area contributed by atoms with Gasteiger partial charge in [-0.1, -0.05) is 50.6 Å². The summed E-state index contributed by atoms with van der Waals surface area (Å²) >= 11 is 0. The fraction of sp³-hybridized carbons (Fsp3) is 0.400. The maximum atomic E-state index is 3.41. The largest absolute Gasteiger partial charge is 0.121 e. The Hall–Kier alpha value is -1.26. The van der Waals surface area contributed by atoms with Crippen LogP contribution in [-0.4, -0.2) is 0 Å². The minimum absolute atomic E-state index is 1.05. The van der Waals surface area contributed by atoms with E-state index in [9.17, 15) is 0 Å². The lowest BCUT2D eigenvalue weighted by molar-refractivity contribution is 0.815. The van der Waals surface area contributed by atoms with Crippen molar-refractivity contribution in [1.29, 1.82) is 0 Å². The number of benzene rings is 1. The molecule has 15 heavy (non-hydrogen) atoms. The van der Waals surface area contributed by atoms with E-state index in [1.807, 2.05) is 0 Å². The minimum atomic E-state index is 1.05. The van der Waals surface area contributed by atoms with Crippen molar-refractivity contribution >= 4 is 5.57 Å². The second-order valence-corrected chi connectivity index (χ2v) is 3.69. The normalized spacial score (nSPS) is 9.47. The van der Waals surface area contributed by atoms with Gasteiger partial charge in [0.25, 0.3) is 0 Å². The topological polar surface area (TPSA) is 0 Å². The SMILES string of the molecule is CCCCC=C=C(CC)c1ccccc1. The molecule has 0 fully saturated rings. The molecular weight excluding hydrogens is 180 g/mol. The highest BCUT2D eigenvalue weighted by molar-refractivity contribution is 5.64. The molecule has 0 aliphatic heterocycles. The van der Waals surface area contributed by atoms with E-state index < -0.39 is 0 Å². The number of hydrogen-bond donors (Lipinski definition) is 0. The Labute approximate surface area is 93.3 Å². The van der Waals surface area contributed by atoms with Crippen LogP contribution in [0.1, 0.15) is 45.1 Å². The van der Waals surface area contributed by atoms with Crippen LogP contribution >= 0.6 is 0 Å². The zero-order chi connectivity index (χ0) is 10.9. The Morgan fingerprint density at radius 2 is 1.93 bits per heavy atom. The molecule has 0 bridgehead atoms. The van der Waals surface area contributed by atoms with Gasteiger partial charge >= 0.3 is 0 Å². The van der Waals surface area contributed by atoms with Crippen molar-refractivity contribution in [3.05, 3.63) is 47.7 Å². The first kappa shape index (κ1) is 11.8. The second-order valence-electron chi connectivity index (χ2n) is 3.69. The fourth-order valence-corrected chi connectivity index (χ4v) is 1.53. The molecule has 0 atom stereocenters. The van der Waals surface area contributed by atoms with E-state index in [4.69, 9.17) is 0 Å². The first-order valence-electron chi connectivity index (χ1n) is 5.88. The molecule has 1 aromatic rings. The maximum absolute atomic E-state index is 3.41. The Morgan fingerprint density at radius 1 is 1.20 bits per heavy atom. The summed E-state index contributed by atoms with van der Waals surface area (Å²) in [5, 5.41) is 0. The van der Waals surface area contributed by atoms with Gasteiger partial charge in [0, 0.05) is 5.57 Å². The molecule has 0 spiro atoms. The van der Waals surface area contributed by atoms with E-state index in [-0.39, 0.29) is 0 Å². The van der Waals surface area contributed by atoms with Crippen molar-refractivity contribution in [3.63, 3.8) is 0 Å². The number of unbranched alkanes of at least 4 members (excludes halogenated alkanes) is 2. The summed E-state index contributed by atoms with van der Waals surface area (Å²) in [6.45, 7) is 4.40. The molecule has 0 heterocycles. The summed E-state index contributed by atoms with van der Waals surface area (Å²) < 4.78 is 0. The molecule has 0 radical (unpaired) electrons. The Morgan fingerprint density at radius 3 is 2.53 bits per heavy atom. The number of hydrogen-bond acceptors (Lipinski definition) is 0. The van der Waals surface area contributed by atoms with Crippen LogP contribution in [0.15, 0.2) is 42.1 Å². The molecule has 0 aliphatic carbocycles. The van der Waals surface area contributed by atoms with Crippen molar-refractivity contribution in [2.75, 3.05) is 0 Å². The van der Waals surface area contributed by atoms with Crippen LogP contribution in [0.5, 0.6) is 0 Å². The van der Waals surface area contributed by atoms with Crippen molar-refractivity contribution in [3.8, 4) is 0 Å². The van der Waals surface area contributed by atoms with Gasteiger partial charge in [0.2, 0.25) is 0 Å². The van der Waals surface area contributed by atoms with Gasteiger partial charge in [-0.2, -0.15) is 0 Å². The summed E-state index contributed by atoms with van der Waals surface area (Å²) in [5.74, 6) is 0. The highest BCUT2D eigenvalue weighted by atomic mass is 14.0. The van der Waals surface area contributed by atoms with E-state index in [0.717, 1.165) is 12.8 Å². The van der Waals surface area contributed by atoms with E-state index in [1.165, 1.54) is 24.0 Å². The van der Waals surface area contributed by atoms with Crippen molar-refractivity contribution in [2.24, 2.45) is 0 Å². The Balaban J connectivity index is 2.75. The van der Waals surface area contributed by atoms with Gasteiger partial charge in [0.05, 0.1) is 0 Å². The predicted octanol–water partition coefficient (Wildman–Crippen LogP) is 4.83. The highest BCUT2D eigenvalue weighted by Gasteiger charge is 1.95. The molecule has 0 N–H and O–H groups in total. The lowest BCUT2D eigenvalue weighted by Gasteiger charge is -2.00. The molecule has 1 aromatic carbocycles. The molecule has 0 heteroatoms. The Bertz CT molecular complexity index is 326. The molecule has 80 valence electrons. The minimum Gasteiger partial charge on any atom is -0.121 e. The molecule has 0 saturated heterocycles. The second kappa shape index (κ2) is 7.09. The first-order chi connectivity index (χ1) is 7.38. The van der Waals surface area contributed by atoms with E-state index in [0.29, 0.717) is 0 Å². The van der Waals surface area contributed by atoms with Gasteiger partial charge in [-0.25, -0.2) is 0 Å². The van der Waals surface area contributed by atoms with Crippen LogP contribution in [0.25, 0.3) is 5.57 Å². The van der Waals surface area contributed by atoms with Gasteiger partial charge in [-0.3, -0.25) is 0 Å². The van der Waals surface area contributed by atoms with Crippen molar-refractivity contribution < 1.29 is 0 Å². The van der Waals surface area contributed by atoms with Crippen molar-refractivity contribution in [1.82, 2.24) is 0 Å². The van der Waals surface area contributed by atoms with E-state index >= 15 is 0 Å². The molecule has 0 aromatic heterocycles. The number of rotatable bonds is 5. The van der Waals surface area contributed by atoms with Gasteiger partial charge in [-0.15, -0.1) is 5.73 Å². The van der Waals surface area contributed by atoms with Gasteiger partial charge in [-0.05, 0) is 30.9 Å². The molecular formula is C15H20. The van der Waals surface area contributed by atoms with Crippen LogP contribution in [0.2, 0.25) is 0 Å². The van der Waals surface area contributed by atoms with Crippen LogP contribution in [-0.2, 0) is 0 Å². The molecule has 0 amide bonds. The van der Waals surface area contributed by atoms with Gasteiger partial charge < -0.3 is 0 Å². The zero-order valence-electron chi connectivity index (χ0n) is 9.79. The van der Waals surface area contributed by atoms with E-state index in [2.05, 4.69) is 56.0 Å². The average Bonchev–Trinajstić information content (AvgIpc) is 2.30. The molecule has 0 saturated carbocycles. The van der Waals surface area contributed by atoms with Crippen LogP contribution in [0.3, 0.4) is 0 Å². The highest BCUT2D eigenvalue weighted by Crippen LogP contribution is 2.15. The van der Waals surface area contributed by atoms with E-state index in [1.54, 1.807) is 0 Å². The molecule has 0 aliphatic rings. The lowest BCUT2D eigenvalue weighted by Crippen LogP contribution is -1.79. The zero-order valence-corrected chi connectivity index (χ0v) is 9.79. The lowest BCUT2D eigenvalue weighted by atomic mass is 10.0. The standard InChI is InChI=1S/C15H20/c1-3-5-6-8-11-14(4-2)15-12-9-7-10-13-15/h7-10,12-13H,3-6H2,1-2H3. The fourth-order valence-electron chi connectivity index (χ4n) is 1.53. The first-order valence-corrected chi connectivity index (χ1v) is 5.88. The molecule has 0 unspecified atom stereocenters. The summed E-state index contributed by atoms with van der Waals surface area (Å²) in [6, 6.07) is 10.5. The smallest absolute Gasteiger partial charge is 0.000593 e. The molecule has 0 nitrogen and oxygen atoms in total. The third-order valence-electron chi connectivity index (χ3n) is 2.45. The van der Waals surface area contributed by atoms with Crippen LogP contribution in [0.4, 0.5) is 0 Å². The summed E-state index contributed by atoms with van der Waals surface area (Å²) in [7, 11) is 0. The predicted molar refractivity (Wildman–Crippen MR) is 67.7 cm³/mol. The average molecular weight is 200 g/mol. The van der Waals surface area contributed by atoms with Crippen LogP contribution in [0, 0.1) is 0 Å². The summed E-state index contributed by atoms with van der Waals surface area (Å²) in [4.78, 5) is 0. The van der Waals surface area contributed by atoms with Gasteiger partial charge in [0.15, 0.2) is 0 Å². The molecule has 1 rings (SSSR count). The number of allylic oxidation sites excluding steroid dienone is 1. The quantitative estimate of drug-likeness (QED) is 0.472. The third kappa shape index (κ3) is 4.18. The van der Waals surface area contributed by atoms with Crippen LogP contribution < -0.4 is 0 Å². The monoisotopic (exact) mass is 200 g/mol. The third-order valence-corrected chi connectivity index (χ3v) is 2.45.